The predicted molar refractivity (Wildman–Crippen MR) is 122 cm³/mol. The van der Waals surface area contributed by atoms with Gasteiger partial charge in [0.15, 0.2) is 0 Å². The normalized spacial score (nSPS) is 35.0. The molecule has 1 saturated carbocycles. The lowest BCUT2D eigenvalue weighted by molar-refractivity contribution is -0.181. The smallest absolute Gasteiger partial charge is 0.409 e. The van der Waals surface area contributed by atoms with Gasteiger partial charge in [0, 0.05) is 19.6 Å². The fraction of sp³-hybridized carbons (Fsp3) is 0.955. The van der Waals surface area contributed by atoms with E-state index in [0.29, 0.717) is 24.4 Å². The summed E-state index contributed by atoms with van der Waals surface area (Å²) in [5, 5.41) is 0. The van der Waals surface area contributed by atoms with Gasteiger partial charge in [-0.05, 0) is 57.3 Å². The van der Waals surface area contributed by atoms with Crippen molar-refractivity contribution in [3.05, 3.63) is 0 Å². The summed E-state index contributed by atoms with van der Waals surface area (Å²) in [4.78, 5) is 14.9. The molecule has 3 fully saturated rings. The van der Waals surface area contributed by atoms with E-state index in [-0.39, 0.29) is 29.8 Å². The Morgan fingerprint density at radius 2 is 2.03 bits per heavy atom. The van der Waals surface area contributed by atoms with E-state index in [0.717, 1.165) is 46.0 Å². The highest BCUT2D eigenvalue weighted by Gasteiger charge is 2.64. The van der Waals surface area contributed by atoms with Gasteiger partial charge < -0.3 is 23.8 Å². The van der Waals surface area contributed by atoms with Crippen LogP contribution in [-0.4, -0.2) is 82.1 Å². The number of carbonyl (C=O) groups is 1. The molecule has 0 aromatic heterocycles. The van der Waals surface area contributed by atoms with Gasteiger partial charge in [-0.2, -0.15) is 0 Å². The largest absolute Gasteiger partial charge is 0.443 e. The SMILES string of the molecule is BBC1CCCN1C(=O)OC1CCC2(CO2)C(C(C)(C)OCC(C)C(C)C)C1OC. The Bertz CT molecular complexity index is 598. The average Bonchev–Trinajstić information content (AvgIpc) is 3.29. The maximum Gasteiger partial charge on any atom is 0.409 e. The predicted octanol–water partition coefficient (Wildman–Crippen LogP) is 2.18. The molecule has 6 nitrogen and oxygen atoms in total. The summed E-state index contributed by atoms with van der Waals surface area (Å²) in [6.45, 7) is 13.2. The zero-order valence-corrected chi connectivity index (χ0v) is 20.1. The molecule has 6 atom stereocenters. The van der Waals surface area contributed by atoms with Gasteiger partial charge in [0.25, 0.3) is 0 Å². The van der Waals surface area contributed by atoms with Crippen molar-refractivity contribution in [2.75, 3.05) is 26.9 Å². The lowest BCUT2D eigenvalue weighted by Crippen LogP contribution is -2.59. The topological polar surface area (TPSA) is 60.5 Å². The highest BCUT2D eigenvalue weighted by atomic mass is 16.6. The summed E-state index contributed by atoms with van der Waals surface area (Å²) >= 11 is 0. The number of epoxide rings is 1. The average molecular weight is 421 g/mol. The molecule has 0 N–H and O–H groups in total. The molecule has 1 amide bonds. The Kier molecular flexibility index (Phi) is 7.51. The molecule has 0 bridgehead atoms. The van der Waals surface area contributed by atoms with Crippen LogP contribution >= 0.6 is 0 Å². The van der Waals surface area contributed by atoms with Crippen molar-refractivity contribution in [1.29, 1.82) is 0 Å². The van der Waals surface area contributed by atoms with E-state index in [1.54, 1.807) is 7.11 Å². The molecular weight excluding hydrogens is 380 g/mol. The molecule has 6 unspecified atom stereocenters. The second-order valence-electron chi connectivity index (χ2n) is 10.5. The molecule has 1 aliphatic carbocycles. The molecule has 2 heterocycles. The van der Waals surface area contributed by atoms with E-state index >= 15 is 0 Å². The molecule has 30 heavy (non-hydrogen) atoms. The maximum atomic E-state index is 13.0. The fourth-order valence-electron chi connectivity index (χ4n) is 5.41. The Hall–Kier alpha value is -0.720. The van der Waals surface area contributed by atoms with Crippen LogP contribution in [0.25, 0.3) is 0 Å². The third-order valence-corrected chi connectivity index (χ3v) is 7.84. The van der Waals surface area contributed by atoms with E-state index < -0.39 is 5.60 Å². The number of rotatable bonds is 8. The lowest BCUT2D eigenvalue weighted by Gasteiger charge is -2.48. The summed E-state index contributed by atoms with van der Waals surface area (Å²) in [5.74, 6) is 1.35. The third kappa shape index (κ3) is 4.86. The Morgan fingerprint density at radius 3 is 2.60 bits per heavy atom. The summed E-state index contributed by atoms with van der Waals surface area (Å²) in [6, 6.07) is 0. The van der Waals surface area contributed by atoms with Gasteiger partial charge in [-0.15, -0.1) is 0 Å². The zero-order chi connectivity index (χ0) is 22.1. The number of methoxy groups -OCH3 is 1. The van der Waals surface area contributed by atoms with E-state index in [9.17, 15) is 4.79 Å². The first-order valence-electron chi connectivity index (χ1n) is 11.9. The summed E-state index contributed by atoms with van der Waals surface area (Å²) in [6.07, 6.45) is 3.06. The van der Waals surface area contributed by atoms with Crippen molar-refractivity contribution in [2.24, 2.45) is 17.8 Å². The van der Waals surface area contributed by atoms with Crippen molar-refractivity contribution in [3.8, 4) is 0 Å². The quantitative estimate of drug-likeness (QED) is 0.444. The van der Waals surface area contributed by atoms with E-state index in [1.807, 2.05) is 4.90 Å². The van der Waals surface area contributed by atoms with Crippen LogP contribution in [0.5, 0.6) is 0 Å². The fourth-order valence-corrected chi connectivity index (χ4v) is 5.41. The van der Waals surface area contributed by atoms with Gasteiger partial charge in [0.2, 0.25) is 0 Å². The Labute approximate surface area is 184 Å². The maximum absolute atomic E-state index is 13.0. The van der Waals surface area contributed by atoms with Crippen LogP contribution in [0.1, 0.15) is 60.3 Å². The minimum Gasteiger partial charge on any atom is -0.443 e. The number of likely N-dealkylation sites (tertiary alicyclic amines) is 1. The van der Waals surface area contributed by atoms with Crippen molar-refractivity contribution < 1.29 is 23.7 Å². The van der Waals surface area contributed by atoms with Crippen LogP contribution < -0.4 is 0 Å². The van der Waals surface area contributed by atoms with Gasteiger partial charge in [0.1, 0.15) is 19.4 Å². The number of nitrogens with zero attached hydrogens (tertiary/aromatic N) is 1. The van der Waals surface area contributed by atoms with Crippen LogP contribution in [0.15, 0.2) is 0 Å². The van der Waals surface area contributed by atoms with Crippen molar-refractivity contribution >= 4 is 21.0 Å². The standard InChI is InChI=1S/C22H41B2NO5/c1-14(2)15(3)12-28-21(4,5)19-18(27-6)16(9-10-22(19)13-29-22)30-20(26)25-11-7-8-17(25)24-23/h14-19,24H,7-13,23H2,1-6H3. The molecule has 3 aliphatic rings. The molecule has 2 saturated heterocycles. The highest BCUT2D eigenvalue weighted by Crippen LogP contribution is 2.53. The Balaban J connectivity index is 1.72. The van der Waals surface area contributed by atoms with Gasteiger partial charge in [-0.1, -0.05) is 20.8 Å². The van der Waals surface area contributed by atoms with Crippen LogP contribution in [0, 0.1) is 17.8 Å². The van der Waals surface area contributed by atoms with E-state index in [1.165, 1.54) is 0 Å². The summed E-state index contributed by atoms with van der Waals surface area (Å²) in [7, 11) is 4.83. The molecule has 2 aliphatic heterocycles. The molecule has 3 rings (SSSR count). The first-order chi connectivity index (χ1) is 14.1. The molecule has 0 radical (unpaired) electrons. The first kappa shape index (κ1) is 23.9. The molecule has 1 spiro atoms. The van der Waals surface area contributed by atoms with Crippen LogP contribution in [0.2, 0.25) is 0 Å². The number of ether oxygens (including phenoxy) is 4. The van der Waals surface area contributed by atoms with Gasteiger partial charge >= 0.3 is 6.09 Å². The second-order valence-corrected chi connectivity index (χ2v) is 10.5. The first-order valence-corrected chi connectivity index (χ1v) is 11.9. The second kappa shape index (κ2) is 9.41. The van der Waals surface area contributed by atoms with E-state index in [2.05, 4.69) is 42.4 Å². The number of amides is 1. The number of carbonyl (C=O) groups excluding carboxylic acids is 1. The Morgan fingerprint density at radius 1 is 1.33 bits per heavy atom. The zero-order valence-electron chi connectivity index (χ0n) is 20.1. The van der Waals surface area contributed by atoms with Crippen molar-refractivity contribution in [3.63, 3.8) is 0 Å². The van der Waals surface area contributed by atoms with Crippen molar-refractivity contribution in [2.45, 2.75) is 89.7 Å². The van der Waals surface area contributed by atoms with E-state index in [4.69, 9.17) is 18.9 Å². The minimum absolute atomic E-state index is 0.0152. The molecule has 170 valence electrons. The lowest BCUT2D eigenvalue weighted by atomic mass is 9.50. The molecule has 0 aromatic rings. The minimum atomic E-state index is -0.439. The van der Waals surface area contributed by atoms with Gasteiger partial charge in [-0.25, -0.2) is 4.79 Å². The van der Waals surface area contributed by atoms with Gasteiger partial charge in [-0.3, -0.25) is 0 Å². The van der Waals surface area contributed by atoms with Crippen LogP contribution in [0.4, 0.5) is 4.79 Å². The van der Waals surface area contributed by atoms with Gasteiger partial charge in [0.05, 0.1) is 32.2 Å². The summed E-state index contributed by atoms with van der Waals surface area (Å²) < 4.78 is 24.5. The van der Waals surface area contributed by atoms with Crippen LogP contribution in [0.3, 0.4) is 0 Å². The molecule has 0 aromatic carbocycles. The van der Waals surface area contributed by atoms with Crippen LogP contribution in [-0.2, 0) is 18.9 Å². The number of hydrogen-bond donors (Lipinski definition) is 0. The monoisotopic (exact) mass is 421 g/mol. The number of hydrogen-bond acceptors (Lipinski definition) is 5. The molecule has 8 heteroatoms. The highest BCUT2D eigenvalue weighted by molar-refractivity contribution is 6.90. The molecular formula is C22H41B2NO5. The van der Waals surface area contributed by atoms with Crippen molar-refractivity contribution in [1.82, 2.24) is 4.90 Å². The third-order valence-electron chi connectivity index (χ3n) is 7.84. The summed E-state index contributed by atoms with van der Waals surface area (Å²) in [5.41, 5.74) is -0.654.